The first-order valence-corrected chi connectivity index (χ1v) is 22.4. The van der Waals surface area contributed by atoms with Crippen LogP contribution in [0.1, 0.15) is 226 Å². The molecule has 288 valence electrons. The van der Waals surface area contributed by atoms with Gasteiger partial charge in [0, 0.05) is 13.0 Å². The van der Waals surface area contributed by atoms with E-state index < -0.39 is 13.9 Å². The highest BCUT2D eigenvalue weighted by molar-refractivity contribution is 7.46. The van der Waals surface area contributed by atoms with Gasteiger partial charge in [0.15, 0.2) is 0 Å². The Kier molecular flexibility index (Phi) is 37.4. The molecule has 1 atom stereocenters. The van der Waals surface area contributed by atoms with Crippen molar-refractivity contribution in [2.24, 2.45) is 0 Å². The summed E-state index contributed by atoms with van der Waals surface area (Å²) < 4.78 is 27.0. The molecular formula is C40H81O7P. The van der Waals surface area contributed by atoms with Crippen LogP contribution in [0.25, 0.3) is 0 Å². The Morgan fingerprint density at radius 2 is 0.792 bits per heavy atom. The van der Waals surface area contributed by atoms with Crippen molar-refractivity contribution >= 4 is 13.8 Å². The highest BCUT2D eigenvalue weighted by Crippen LogP contribution is 2.36. The molecule has 0 aromatic rings. The van der Waals surface area contributed by atoms with E-state index in [0.717, 1.165) is 32.1 Å². The average molecular weight is 705 g/mol. The summed E-state index contributed by atoms with van der Waals surface area (Å²) in [5.41, 5.74) is 0. The lowest BCUT2D eigenvalue weighted by Crippen LogP contribution is -2.28. The molecule has 0 bridgehead atoms. The molecule has 0 aliphatic rings. The number of phosphoric acid groups is 1. The molecule has 7 nitrogen and oxygen atoms in total. The van der Waals surface area contributed by atoms with Crippen LogP contribution in [0.5, 0.6) is 0 Å². The number of rotatable bonds is 40. The smallest absolute Gasteiger partial charge is 0.457 e. The second-order valence-electron chi connectivity index (χ2n) is 14.3. The highest BCUT2D eigenvalue weighted by Gasteiger charge is 2.21. The summed E-state index contributed by atoms with van der Waals surface area (Å²) in [6.07, 6.45) is 41.0. The molecule has 0 rings (SSSR count). The minimum atomic E-state index is -4.64. The SMILES string of the molecule is CCCCCCCCCCCCCCCCCCCCOC[C@H](COP(=O)(O)O)OC(=O)CCCCCCCCCCCCCCCC. The first kappa shape index (κ1) is 47.5. The van der Waals surface area contributed by atoms with E-state index in [9.17, 15) is 9.36 Å². The Hall–Kier alpha value is -0.460. The minimum Gasteiger partial charge on any atom is -0.457 e. The number of hydrogen-bond donors (Lipinski definition) is 2. The van der Waals surface area contributed by atoms with Crippen LogP contribution in [-0.2, 0) is 23.4 Å². The van der Waals surface area contributed by atoms with Gasteiger partial charge in [-0.3, -0.25) is 9.32 Å². The molecule has 0 heterocycles. The van der Waals surface area contributed by atoms with Crippen molar-refractivity contribution in [1.82, 2.24) is 0 Å². The summed E-state index contributed by atoms with van der Waals surface area (Å²) in [5, 5.41) is 0. The van der Waals surface area contributed by atoms with Crippen LogP contribution < -0.4 is 0 Å². The maximum absolute atomic E-state index is 12.4. The third kappa shape index (κ3) is 40.0. The summed E-state index contributed by atoms with van der Waals surface area (Å²) in [5.74, 6) is -0.356. The molecule has 0 saturated carbocycles. The minimum absolute atomic E-state index is 0.0867. The van der Waals surface area contributed by atoms with Crippen LogP contribution in [0, 0.1) is 0 Å². The van der Waals surface area contributed by atoms with E-state index >= 15 is 0 Å². The van der Waals surface area contributed by atoms with Crippen molar-refractivity contribution in [3.63, 3.8) is 0 Å². The van der Waals surface area contributed by atoms with Crippen molar-refractivity contribution in [1.29, 1.82) is 0 Å². The third-order valence-electron chi connectivity index (χ3n) is 9.41. The molecular weight excluding hydrogens is 623 g/mol. The normalized spacial score (nSPS) is 12.5. The maximum atomic E-state index is 12.4. The van der Waals surface area contributed by atoms with Gasteiger partial charge in [-0.1, -0.05) is 206 Å². The van der Waals surface area contributed by atoms with Gasteiger partial charge >= 0.3 is 13.8 Å². The summed E-state index contributed by atoms with van der Waals surface area (Å²) in [6, 6.07) is 0. The topological polar surface area (TPSA) is 102 Å². The lowest BCUT2D eigenvalue weighted by molar-refractivity contribution is -0.154. The third-order valence-corrected chi connectivity index (χ3v) is 9.89. The number of unbranched alkanes of at least 4 members (excludes halogenated alkanes) is 30. The Bertz CT molecular complexity index is 699. The fourth-order valence-electron chi connectivity index (χ4n) is 6.33. The molecule has 0 spiro atoms. The van der Waals surface area contributed by atoms with Crippen LogP contribution >= 0.6 is 7.82 Å². The largest absolute Gasteiger partial charge is 0.469 e. The van der Waals surface area contributed by atoms with Crippen LogP contribution in [0.2, 0.25) is 0 Å². The Morgan fingerprint density at radius 3 is 1.12 bits per heavy atom. The van der Waals surface area contributed by atoms with Crippen LogP contribution in [0.4, 0.5) is 0 Å². The Balaban J connectivity index is 3.73. The zero-order chi connectivity index (χ0) is 35.2. The van der Waals surface area contributed by atoms with Crippen molar-refractivity contribution < 1.29 is 33.1 Å². The molecule has 0 fully saturated rings. The molecule has 0 aromatic heterocycles. The van der Waals surface area contributed by atoms with Crippen LogP contribution in [0.3, 0.4) is 0 Å². The summed E-state index contributed by atoms with van der Waals surface area (Å²) >= 11 is 0. The molecule has 0 aliphatic heterocycles. The first-order chi connectivity index (χ1) is 23.4. The van der Waals surface area contributed by atoms with Gasteiger partial charge in [0.1, 0.15) is 6.10 Å². The highest BCUT2D eigenvalue weighted by atomic mass is 31.2. The van der Waals surface area contributed by atoms with E-state index in [1.54, 1.807) is 0 Å². The number of ether oxygens (including phenoxy) is 2. The predicted molar refractivity (Wildman–Crippen MR) is 202 cm³/mol. The number of esters is 1. The van der Waals surface area contributed by atoms with Crippen LogP contribution in [0.15, 0.2) is 0 Å². The Morgan fingerprint density at radius 1 is 0.479 bits per heavy atom. The van der Waals surface area contributed by atoms with Crippen molar-refractivity contribution in [2.45, 2.75) is 232 Å². The maximum Gasteiger partial charge on any atom is 0.469 e. The van der Waals surface area contributed by atoms with Gasteiger partial charge in [0.2, 0.25) is 0 Å². The van der Waals surface area contributed by atoms with Gasteiger partial charge in [0.25, 0.3) is 0 Å². The summed E-state index contributed by atoms with van der Waals surface area (Å²) in [6.45, 7) is 4.80. The molecule has 0 aromatic carbocycles. The second-order valence-corrected chi connectivity index (χ2v) is 15.6. The van der Waals surface area contributed by atoms with E-state index in [1.807, 2.05) is 0 Å². The molecule has 0 unspecified atom stereocenters. The molecule has 8 heteroatoms. The standard InChI is InChI=1S/C40H81O7P/c1-3-5-7-9-11-13-15-17-19-20-21-22-24-26-28-30-32-34-36-45-37-39(38-46-48(42,43)44)47-40(41)35-33-31-29-27-25-23-18-16-14-12-10-8-6-4-2/h39H,3-38H2,1-2H3,(H2,42,43,44)/t39-/m1/s1. The number of carbonyl (C=O) groups excluding carboxylic acids is 1. The lowest BCUT2D eigenvalue weighted by atomic mass is 10.0. The first-order valence-electron chi connectivity index (χ1n) is 20.9. The molecule has 0 aliphatic carbocycles. The van der Waals surface area contributed by atoms with Gasteiger partial charge in [-0.05, 0) is 12.8 Å². The van der Waals surface area contributed by atoms with E-state index in [1.165, 1.54) is 173 Å². The Labute approximate surface area is 298 Å². The van der Waals surface area contributed by atoms with Gasteiger partial charge in [0.05, 0.1) is 13.2 Å². The second kappa shape index (κ2) is 37.8. The zero-order valence-electron chi connectivity index (χ0n) is 31.9. The summed E-state index contributed by atoms with van der Waals surface area (Å²) in [7, 11) is -4.64. The fraction of sp³-hybridized carbons (Fsp3) is 0.975. The molecule has 48 heavy (non-hydrogen) atoms. The van der Waals surface area contributed by atoms with Crippen LogP contribution in [-0.4, -0.2) is 41.7 Å². The quantitative estimate of drug-likeness (QED) is 0.0372. The molecule has 0 radical (unpaired) electrons. The zero-order valence-corrected chi connectivity index (χ0v) is 32.8. The van der Waals surface area contributed by atoms with E-state index in [0.29, 0.717) is 13.0 Å². The number of carbonyl (C=O) groups is 1. The monoisotopic (exact) mass is 705 g/mol. The molecule has 0 amide bonds. The predicted octanol–water partition coefficient (Wildman–Crippen LogP) is 12.9. The van der Waals surface area contributed by atoms with Gasteiger partial charge in [-0.2, -0.15) is 0 Å². The van der Waals surface area contributed by atoms with Gasteiger partial charge < -0.3 is 19.3 Å². The molecule has 2 N–H and O–H groups in total. The summed E-state index contributed by atoms with van der Waals surface area (Å²) in [4.78, 5) is 30.6. The number of phosphoric ester groups is 1. The fourth-order valence-corrected chi connectivity index (χ4v) is 6.69. The van der Waals surface area contributed by atoms with Crippen molar-refractivity contribution in [3.8, 4) is 0 Å². The van der Waals surface area contributed by atoms with Gasteiger partial charge in [-0.15, -0.1) is 0 Å². The van der Waals surface area contributed by atoms with Gasteiger partial charge in [-0.25, -0.2) is 4.57 Å². The van der Waals surface area contributed by atoms with Crippen molar-refractivity contribution in [2.75, 3.05) is 19.8 Å². The van der Waals surface area contributed by atoms with E-state index in [2.05, 4.69) is 18.4 Å². The molecule has 0 saturated heterocycles. The average Bonchev–Trinajstić information content (AvgIpc) is 3.06. The van der Waals surface area contributed by atoms with E-state index in [4.69, 9.17) is 19.3 Å². The van der Waals surface area contributed by atoms with Crippen molar-refractivity contribution in [3.05, 3.63) is 0 Å². The van der Waals surface area contributed by atoms with E-state index in [-0.39, 0.29) is 19.2 Å². The number of hydrogen-bond acceptors (Lipinski definition) is 5. The lowest BCUT2D eigenvalue weighted by Gasteiger charge is -2.18.